The molecular formula is C11H16N4O5. The monoisotopic (exact) mass is 284 g/mol. The van der Waals surface area contributed by atoms with Crippen LogP contribution >= 0.6 is 0 Å². The molecule has 0 radical (unpaired) electrons. The van der Waals surface area contributed by atoms with Gasteiger partial charge in [0.05, 0.1) is 26.1 Å². The molecule has 0 aliphatic rings. The van der Waals surface area contributed by atoms with Crippen LogP contribution in [0.15, 0.2) is 15.9 Å². The van der Waals surface area contributed by atoms with Crippen molar-refractivity contribution in [1.29, 1.82) is 0 Å². The van der Waals surface area contributed by atoms with Crippen molar-refractivity contribution in [3.05, 3.63) is 27.2 Å². The van der Waals surface area contributed by atoms with E-state index in [0.29, 0.717) is 0 Å². The minimum Gasteiger partial charge on any atom is -0.394 e. The van der Waals surface area contributed by atoms with Crippen molar-refractivity contribution in [3.8, 4) is 0 Å². The summed E-state index contributed by atoms with van der Waals surface area (Å²) in [6.45, 7) is -0.244. The molecule has 2 aromatic heterocycles. The average molecular weight is 284 g/mol. The van der Waals surface area contributed by atoms with Crippen LogP contribution in [0.3, 0.4) is 0 Å². The van der Waals surface area contributed by atoms with Crippen molar-refractivity contribution in [2.75, 3.05) is 13.2 Å². The molecule has 0 spiro atoms. The summed E-state index contributed by atoms with van der Waals surface area (Å²) < 4.78 is 8.56. The lowest BCUT2D eigenvalue weighted by Gasteiger charge is -2.12. The molecule has 0 amide bonds. The number of aryl methyl sites for hydroxylation is 1. The van der Waals surface area contributed by atoms with E-state index in [1.54, 1.807) is 0 Å². The molecular weight excluding hydrogens is 268 g/mol. The fourth-order valence-electron chi connectivity index (χ4n) is 1.95. The van der Waals surface area contributed by atoms with E-state index in [4.69, 9.17) is 9.84 Å². The lowest BCUT2D eigenvalue weighted by atomic mass is 10.4. The van der Waals surface area contributed by atoms with E-state index in [1.807, 2.05) is 0 Å². The second-order valence-corrected chi connectivity index (χ2v) is 4.32. The zero-order valence-corrected chi connectivity index (χ0v) is 11.2. The molecule has 110 valence electrons. The Balaban J connectivity index is 2.47. The molecule has 1 atom stereocenters. The quantitative estimate of drug-likeness (QED) is 0.601. The summed E-state index contributed by atoms with van der Waals surface area (Å²) in [4.78, 5) is 27.9. The van der Waals surface area contributed by atoms with Gasteiger partial charge in [-0.2, -0.15) is 0 Å². The van der Waals surface area contributed by atoms with Gasteiger partial charge in [-0.15, -0.1) is 0 Å². The van der Waals surface area contributed by atoms with E-state index in [1.165, 1.54) is 29.6 Å². The number of nitrogens with zero attached hydrogens (tertiary/aromatic N) is 4. The third kappa shape index (κ3) is 2.38. The molecule has 2 N–H and O–H groups in total. The number of aliphatic hydroxyl groups excluding tert-OH is 2. The predicted octanol–water partition coefficient (Wildman–Crippen LogP) is -2.24. The third-order valence-electron chi connectivity index (χ3n) is 2.97. The van der Waals surface area contributed by atoms with Crippen molar-refractivity contribution in [3.63, 3.8) is 0 Å². The van der Waals surface area contributed by atoms with Crippen LogP contribution in [0.5, 0.6) is 0 Å². The van der Waals surface area contributed by atoms with Crippen LogP contribution in [0.4, 0.5) is 0 Å². The van der Waals surface area contributed by atoms with Crippen molar-refractivity contribution in [2.45, 2.75) is 12.8 Å². The van der Waals surface area contributed by atoms with Gasteiger partial charge >= 0.3 is 5.69 Å². The number of hydrogen-bond acceptors (Lipinski definition) is 6. The number of rotatable bonds is 5. The third-order valence-corrected chi connectivity index (χ3v) is 2.97. The van der Waals surface area contributed by atoms with Crippen LogP contribution in [0.25, 0.3) is 11.2 Å². The fourth-order valence-corrected chi connectivity index (χ4v) is 1.95. The normalized spacial score (nSPS) is 13.0. The second-order valence-electron chi connectivity index (χ2n) is 4.32. The number of fused-ring (bicyclic) bond motifs is 1. The predicted molar refractivity (Wildman–Crippen MR) is 69.3 cm³/mol. The van der Waals surface area contributed by atoms with Gasteiger partial charge in [0.2, 0.25) is 0 Å². The Kier molecular flexibility index (Phi) is 4.02. The van der Waals surface area contributed by atoms with Gasteiger partial charge in [0.1, 0.15) is 0 Å². The minimum atomic E-state index is -1.18. The number of imidazole rings is 1. The standard InChI is InChI=1S/C11H16N4O5/c1-13-9-8(10(18)14(2)11(13)19)15(6-12-9)5-7(17)20-4-3-16/h6-7,16-17H,3-5H2,1-2H3. The molecule has 2 heterocycles. The highest BCUT2D eigenvalue weighted by Gasteiger charge is 2.16. The van der Waals surface area contributed by atoms with Crippen molar-refractivity contribution in [2.24, 2.45) is 14.1 Å². The van der Waals surface area contributed by atoms with Crippen molar-refractivity contribution >= 4 is 11.2 Å². The zero-order chi connectivity index (χ0) is 14.9. The van der Waals surface area contributed by atoms with Crippen LogP contribution in [-0.4, -0.2) is 48.4 Å². The molecule has 0 aliphatic carbocycles. The Morgan fingerprint density at radius 2 is 2.05 bits per heavy atom. The molecule has 0 aromatic carbocycles. The highest BCUT2D eigenvalue weighted by atomic mass is 16.6. The molecule has 0 saturated carbocycles. The maximum Gasteiger partial charge on any atom is 0.332 e. The SMILES string of the molecule is Cn1c(=O)c2c(ncn2CC(O)OCCO)n(C)c1=O. The van der Waals surface area contributed by atoms with Crippen LogP contribution < -0.4 is 11.2 Å². The maximum atomic E-state index is 12.1. The summed E-state index contributed by atoms with van der Waals surface area (Å²) in [5.41, 5.74) is -0.506. The van der Waals surface area contributed by atoms with Crippen LogP contribution in [0.1, 0.15) is 0 Å². The molecule has 2 aromatic rings. The smallest absolute Gasteiger partial charge is 0.332 e. The lowest BCUT2D eigenvalue weighted by molar-refractivity contribution is -0.114. The first-order valence-corrected chi connectivity index (χ1v) is 5.98. The fraction of sp³-hybridized carbons (Fsp3) is 0.545. The Bertz CT molecular complexity index is 729. The lowest BCUT2D eigenvalue weighted by Crippen LogP contribution is -2.38. The van der Waals surface area contributed by atoms with Crippen LogP contribution in [-0.2, 0) is 25.4 Å². The highest BCUT2D eigenvalue weighted by Crippen LogP contribution is 2.06. The number of hydrogen-bond donors (Lipinski definition) is 2. The van der Waals surface area contributed by atoms with Gasteiger partial charge in [0, 0.05) is 14.1 Å². The van der Waals surface area contributed by atoms with Crippen molar-refractivity contribution < 1.29 is 14.9 Å². The molecule has 20 heavy (non-hydrogen) atoms. The van der Waals surface area contributed by atoms with Gasteiger partial charge in [-0.1, -0.05) is 0 Å². The molecule has 1 unspecified atom stereocenters. The number of aromatic nitrogens is 4. The van der Waals surface area contributed by atoms with E-state index in [9.17, 15) is 14.7 Å². The Hall–Kier alpha value is -1.97. The van der Waals surface area contributed by atoms with Gasteiger partial charge in [0.25, 0.3) is 5.56 Å². The van der Waals surface area contributed by atoms with Crippen LogP contribution in [0.2, 0.25) is 0 Å². The van der Waals surface area contributed by atoms with E-state index in [-0.39, 0.29) is 30.9 Å². The first-order chi connectivity index (χ1) is 9.47. The molecule has 0 saturated heterocycles. The summed E-state index contributed by atoms with van der Waals surface area (Å²) in [5, 5.41) is 18.3. The van der Waals surface area contributed by atoms with Crippen molar-refractivity contribution in [1.82, 2.24) is 18.7 Å². The average Bonchev–Trinajstić information content (AvgIpc) is 2.84. The summed E-state index contributed by atoms with van der Waals surface area (Å²) in [7, 11) is 2.89. The Morgan fingerprint density at radius 1 is 1.35 bits per heavy atom. The summed E-state index contributed by atoms with van der Waals surface area (Å²) >= 11 is 0. The molecule has 9 nitrogen and oxygen atoms in total. The topological polar surface area (TPSA) is 112 Å². The number of ether oxygens (including phenoxy) is 1. The van der Waals surface area contributed by atoms with Gasteiger partial charge in [-0.05, 0) is 0 Å². The van der Waals surface area contributed by atoms with E-state index >= 15 is 0 Å². The second kappa shape index (κ2) is 5.57. The van der Waals surface area contributed by atoms with Gasteiger partial charge in [0.15, 0.2) is 17.5 Å². The molecule has 0 bridgehead atoms. The summed E-state index contributed by atoms with van der Waals surface area (Å²) in [6, 6.07) is 0. The summed E-state index contributed by atoms with van der Waals surface area (Å²) in [6.07, 6.45) is 0.179. The van der Waals surface area contributed by atoms with Crippen LogP contribution in [0, 0.1) is 0 Å². The maximum absolute atomic E-state index is 12.1. The number of aliphatic hydroxyl groups is 2. The van der Waals surface area contributed by atoms with Gasteiger partial charge in [-0.25, -0.2) is 9.78 Å². The molecule has 2 rings (SSSR count). The molecule has 0 fully saturated rings. The van der Waals surface area contributed by atoms with Gasteiger partial charge in [-0.3, -0.25) is 13.9 Å². The van der Waals surface area contributed by atoms with E-state index < -0.39 is 17.5 Å². The highest BCUT2D eigenvalue weighted by molar-refractivity contribution is 5.69. The molecule has 0 aliphatic heterocycles. The van der Waals surface area contributed by atoms with E-state index in [2.05, 4.69) is 4.98 Å². The minimum absolute atomic E-state index is 0.00963. The summed E-state index contributed by atoms with van der Waals surface area (Å²) in [5.74, 6) is 0. The first-order valence-electron chi connectivity index (χ1n) is 5.98. The largest absolute Gasteiger partial charge is 0.394 e. The van der Waals surface area contributed by atoms with E-state index in [0.717, 1.165) is 4.57 Å². The Morgan fingerprint density at radius 3 is 2.70 bits per heavy atom. The van der Waals surface area contributed by atoms with Gasteiger partial charge < -0.3 is 19.5 Å². The molecule has 9 heteroatoms. The Labute approximate surface area is 113 Å². The zero-order valence-electron chi connectivity index (χ0n) is 11.2. The first kappa shape index (κ1) is 14.4.